The largest absolute Gasteiger partial charge is 0.482 e. The van der Waals surface area contributed by atoms with Crippen molar-refractivity contribution in [1.29, 1.82) is 0 Å². The van der Waals surface area contributed by atoms with Gasteiger partial charge in [0.25, 0.3) is 11.8 Å². The fraction of sp³-hybridized carbons (Fsp3) is 0.414. The predicted molar refractivity (Wildman–Crippen MR) is 148 cm³/mol. The summed E-state index contributed by atoms with van der Waals surface area (Å²) >= 11 is 1.42. The van der Waals surface area contributed by atoms with Crippen LogP contribution in [0.4, 0.5) is 11.4 Å². The molecule has 3 aromatic rings. The van der Waals surface area contributed by atoms with Gasteiger partial charge in [0.15, 0.2) is 6.61 Å². The minimum Gasteiger partial charge on any atom is -0.482 e. The molecule has 1 saturated heterocycles. The van der Waals surface area contributed by atoms with E-state index >= 15 is 0 Å². The van der Waals surface area contributed by atoms with E-state index in [0.29, 0.717) is 31.1 Å². The highest BCUT2D eigenvalue weighted by molar-refractivity contribution is 7.09. The first kappa shape index (κ1) is 25.3. The average Bonchev–Trinajstić information content (AvgIpc) is 3.38. The van der Waals surface area contributed by atoms with Gasteiger partial charge in [0.05, 0.1) is 12.2 Å². The first-order chi connectivity index (χ1) is 17.8. The summed E-state index contributed by atoms with van der Waals surface area (Å²) in [7, 11) is 0. The number of carbonyl (C=O) groups is 2. The Morgan fingerprint density at radius 3 is 2.57 bits per heavy atom. The van der Waals surface area contributed by atoms with E-state index in [1.807, 2.05) is 22.4 Å². The highest BCUT2D eigenvalue weighted by atomic mass is 32.1. The number of fused-ring (bicyclic) bond motifs is 1. The molecule has 2 aromatic carbocycles. The second-order valence-corrected chi connectivity index (χ2v) is 11.3. The summed E-state index contributed by atoms with van der Waals surface area (Å²) < 4.78 is 5.70. The number of para-hydroxylation sites is 1. The van der Waals surface area contributed by atoms with Gasteiger partial charge < -0.3 is 14.5 Å². The molecule has 2 aliphatic heterocycles. The number of thiazole rings is 1. The second-order valence-electron chi connectivity index (χ2n) is 10.4. The van der Waals surface area contributed by atoms with Gasteiger partial charge in [0.1, 0.15) is 16.5 Å². The van der Waals surface area contributed by atoms with Crippen LogP contribution >= 0.6 is 11.3 Å². The number of anilines is 2. The fourth-order valence-corrected chi connectivity index (χ4v) is 5.60. The van der Waals surface area contributed by atoms with Crippen LogP contribution in [0.1, 0.15) is 53.8 Å². The van der Waals surface area contributed by atoms with Crippen LogP contribution < -0.4 is 14.5 Å². The fourth-order valence-electron chi connectivity index (χ4n) is 4.85. The van der Waals surface area contributed by atoms with Gasteiger partial charge in [-0.15, -0.1) is 11.3 Å². The van der Waals surface area contributed by atoms with E-state index in [0.717, 1.165) is 35.8 Å². The van der Waals surface area contributed by atoms with Crippen LogP contribution in [-0.2, 0) is 16.8 Å². The molecule has 2 aliphatic rings. The molecule has 0 radical (unpaired) electrons. The lowest BCUT2D eigenvalue weighted by atomic mass is 9.82. The summed E-state index contributed by atoms with van der Waals surface area (Å²) in [6.07, 6.45) is 0.984. The van der Waals surface area contributed by atoms with Crippen LogP contribution in [-0.4, -0.2) is 54.5 Å². The Morgan fingerprint density at radius 1 is 1.08 bits per heavy atom. The smallest absolute Gasteiger partial charge is 0.273 e. The molecule has 1 aromatic heterocycles. The van der Waals surface area contributed by atoms with Gasteiger partial charge in [0.2, 0.25) is 0 Å². The lowest BCUT2D eigenvalue weighted by Gasteiger charge is -2.36. The zero-order valence-electron chi connectivity index (χ0n) is 22.0. The SMILES string of the molecule is CCC(C)(C)c1ccc2c(c1)N(Cc1nc(C(=O)N3CCN(c4ccccc4C)CC3)cs1)C(=O)CO2. The number of aromatic nitrogens is 1. The Hall–Kier alpha value is -3.39. The van der Waals surface area contributed by atoms with Crippen molar-refractivity contribution >= 4 is 34.5 Å². The summed E-state index contributed by atoms with van der Waals surface area (Å²) in [6, 6.07) is 14.4. The molecule has 0 saturated carbocycles. The van der Waals surface area contributed by atoms with E-state index in [9.17, 15) is 9.59 Å². The molecular weight excluding hydrogens is 484 g/mol. The molecule has 3 heterocycles. The van der Waals surface area contributed by atoms with Crippen molar-refractivity contribution < 1.29 is 14.3 Å². The number of nitrogens with zero attached hydrogens (tertiary/aromatic N) is 4. The van der Waals surface area contributed by atoms with E-state index in [2.05, 4.69) is 67.9 Å². The summed E-state index contributed by atoms with van der Waals surface area (Å²) in [6.45, 7) is 11.9. The van der Waals surface area contributed by atoms with E-state index in [1.165, 1.54) is 22.6 Å². The van der Waals surface area contributed by atoms with E-state index in [4.69, 9.17) is 4.74 Å². The quantitative estimate of drug-likeness (QED) is 0.458. The molecule has 5 rings (SSSR count). The molecule has 0 spiro atoms. The van der Waals surface area contributed by atoms with Crippen molar-refractivity contribution in [2.45, 2.75) is 46.1 Å². The highest BCUT2D eigenvalue weighted by Gasteiger charge is 2.30. The molecule has 2 amide bonds. The maximum Gasteiger partial charge on any atom is 0.273 e. The van der Waals surface area contributed by atoms with Gasteiger partial charge in [-0.3, -0.25) is 14.5 Å². The lowest BCUT2D eigenvalue weighted by Crippen LogP contribution is -2.49. The van der Waals surface area contributed by atoms with Gasteiger partial charge >= 0.3 is 0 Å². The number of aryl methyl sites for hydroxylation is 1. The van der Waals surface area contributed by atoms with Gasteiger partial charge in [0, 0.05) is 37.2 Å². The molecule has 0 bridgehead atoms. The van der Waals surface area contributed by atoms with Crippen LogP contribution in [0.5, 0.6) is 5.75 Å². The van der Waals surface area contributed by atoms with Crippen molar-refractivity contribution in [2.75, 3.05) is 42.6 Å². The van der Waals surface area contributed by atoms with Gasteiger partial charge in [-0.2, -0.15) is 0 Å². The minimum atomic E-state index is -0.102. The van der Waals surface area contributed by atoms with Gasteiger partial charge in [-0.1, -0.05) is 45.0 Å². The molecular formula is C29H34N4O3S. The van der Waals surface area contributed by atoms with Crippen molar-refractivity contribution in [3.05, 3.63) is 69.7 Å². The zero-order chi connectivity index (χ0) is 26.2. The number of hydrogen-bond acceptors (Lipinski definition) is 6. The molecule has 0 N–H and O–H groups in total. The third kappa shape index (κ3) is 5.07. The van der Waals surface area contributed by atoms with Crippen LogP contribution in [0.3, 0.4) is 0 Å². The van der Waals surface area contributed by atoms with Crippen molar-refractivity contribution in [3.63, 3.8) is 0 Å². The zero-order valence-corrected chi connectivity index (χ0v) is 22.8. The summed E-state index contributed by atoms with van der Waals surface area (Å²) in [5, 5.41) is 2.55. The summed E-state index contributed by atoms with van der Waals surface area (Å²) in [5.41, 5.74) is 4.85. The van der Waals surface area contributed by atoms with E-state index in [-0.39, 0.29) is 23.8 Å². The molecule has 37 heavy (non-hydrogen) atoms. The maximum absolute atomic E-state index is 13.2. The Bertz CT molecular complexity index is 1310. The van der Waals surface area contributed by atoms with Crippen LogP contribution in [0.15, 0.2) is 47.8 Å². The normalized spacial score (nSPS) is 16.0. The number of ether oxygens (including phenoxy) is 1. The number of benzene rings is 2. The number of hydrogen-bond donors (Lipinski definition) is 0. The maximum atomic E-state index is 13.2. The van der Waals surface area contributed by atoms with Crippen LogP contribution in [0, 0.1) is 6.92 Å². The third-order valence-electron chi connectivity index (χ3n) is 7.65. The average molecular weight is 519 g/mol. The van der Waals surface area contributed by atoms with Crippen LogP contribution in [0.2, 0.25) is 0 Å². The van der Waals surface area contributed by atoms with Crippen molar-refractivity contribution in [1.82, 2.24) is 9.88 Å². The first-order valence-electron chi connectivity index (χ1n) is 12.9. The van der Waals surface area contributed by atoms with E-state index in [1.54, 1.807) is 4.90 Å². The molecule has 7 nitrogen and oxygen atoms in total. The lowest BCUT2D eigenvalue weighted by molar-refractivity contribution is -0.121. The highest BCUT2D eigenvalue weighted by Crippen LogP contribution is 2.38. The van der Waals surface area contributed by atoms with E-state index < -0.39 is 0 Å². The van der Waals surface area contributed by atoms with Crippen molar-refractivity contribution in [3.8, 4) is 5.75 Å². The predicted octanol–water partition coefficient (Wildman–Crippen LogP) is 5.03. The molecule has 194 valence electrons. The minimum absolute atomic E-state index is 0.00580. The molecule has 8 heteroatoms. The number of amides is 2. The van der Waals surface area contributed by atoms with Gasteiger partial charge in [-0.25, -0.2) is 4.98 Å². The Balaban J connectivity index is 1.28. The summed E-state index contributed by atoms with van der Waals surface area (Å²) in [4.78, 5) is 36.7. The Labute approximate surface area is 222 Å². The Morgan fingerprint density at radius 2 is 1.84 bits per heavy atom. The third-order valence-corrected chi connectivity index (χ3v) is 8.49. The second kappa shape index (κ2) is 10.2. The number of carbonyl (C=O) groups excluding carboxylic acids is 2. The van der Waals surface area contributed by atoms with Crippen molar-refractivity contribution in [2.24, 2.45) is 0 Å². The molecule has 0 aliphatic carbocycles. The first-order valence-corrected chi connectivity index (χ1v) is 13.8. The van der Waals surface area contributed by atoms with Gasteiger partial charge in [-0.05, 0) is 48.1 Å². The number of rotatable bonds is 6. The van der Waals surface area contributed by atoms with Crippen LogP contribution in [0.25, 0.3) is 0 Å². The molecule has 0 unspecified atom stereocenters. The standard InChI is InChI=1S/C29H34N4O3S/c1-5-29(3,4)21-10-11-25-24(16-21)33(27(34)18-36-25)17-26-30-22(19-37-26)28(35)32-14-12-31(13-15-32)23-9-7-6-8-20(23)2/h6-11,16,19H,5,12-15,17-18H2,1-4H3. The monoisotopic (exact) mass is 518 g/mol. The number of piperazine rings is 1. The topological polar surface area (TPSA) is 66.0 Å². The summed E-state index contributed by atoms with van der Waals surface area (Å²) in [5.74, 6) is 0.552. The molecule has 1 fully saturated rings. The Kier molecular flexibility index (Phi) is 6.94. The molecule has 0 atom stereocenters.